The average Bonchev–Trinajstić information content (AvgIpc) is 3.65. The molecule has 4 heterocycles. The van der Waals surface area contributed by atoms with Crippen molar-refractivity contribution in [2.45, 2.75) is 13.1 Å². The lowest BCUT2D eigenvalue weighted by Gasteiger charge is -2.33. The largest absolute Gasteiger partial charge is 0.517 e. The van der Waals surface area contributed by atoms with Crippen LogP contribution < -0.4 is 24.5 Å². The first-order valence-corrected chi connectivity index (χ1v) is 21.9. The summed E-state index contributed by atoms with van der Waals surface area (Å²) in [6, 6.07) is 57.3. The highest BCUT2D eigenvalue weighted by atomic mass is 28.3. The second-order valence-corrected chi connectivity index (χ2v) is 19.4. The number of nitrogens with zero attached hydrogens (tertiary/aromatic N) is 3. The molecule has 0 unspecified atom stereocenters. The van der Waals surface area contributed by atoms with Gasteiger partial charge in [0.1, 0.15) is 14.3 Å². The molecule has 0 bridgehead atoms. The number of pyridine rings is 1. The molecule has 1 N–H and O–H groups in total. The van der Waals surface area contributed by atoms with E-state index in [2.05, 4.69) is 162 Å². The highest BCUT2D eigenvalue weighted by molar-refractivity contribution is 7.02. The molecule has 5 nitrogen and oxygen atoms in total. The number of aromatic nitrogens is 3. The molecule has 0 spiro atoms. The number of phenolic OH excluding ortho intramolecular Hbond substituents is 1. The predicted molar refractivity (Wildman–Crippen MR) is 224 cm³/mol. The Bertz CT molecular complexity index is 3060. The van der Waals surface area contributed by atoms with Gasteiger partial charge in [-0.3, -0.25) is 9.13 Å². The van der Waals surface area contributed by atoms with Gasteiger partial charge in [0.15, 0.2) is 5.75 Å². The van der Waals surface area contributed by atoms with Crippen LogP contribution in [-0.4, -0.2) is 17.7 Å². The Morgan fingerprint density at radius 2 is 1.20 bits per heavy atom. The van der Waals surface area contributed by atoms with E-state index in [4.69, 9.17) is 4.84 Å². The van der Waals surface area contributed by atoms with Gasteiger partial charge in [0.05, 0.1) is 28.2 Å². The number of fused-ring (bicyclic) bond motifs is 9. The lowest BCUT2D eigenvalue weighted by atomic mass is 9.88. The van der Waals surface area contributed by atoms with Crippen molar-refractivity contribution in [1.82, 2.24) is 4.57 Å². The highest BCUT2D eigenvalue weighted by Gasteiger charge is 2.39. The molecule has 0 radical (unpaired) electrons. The molecule has 2 aliphatic rings. The molecule has 0 saturated carbocycles. The van der Waals surface area contributed by atoms with E-state index in [0.29, 0.717) is 11.3 Å². The third-order valence-electron chi connectivity index (χ3n) is 11.5. The first-order valence-electron chi connectivity index (χ1n) is 18.9. The molecule has 0 amide bonds. The maximum Gasteiger partial charge on any atom is 0.269 e. The zero-order valence-corrected chi connectivity index (χ0v) is 31.9. The zero-order valence-electron chi connectivity index (χ0n) is 30.9. The van der Waals surface area contributed by atoms with Crippen LogP contribution >= 0.6 is 0 Å². The van der Waals surface area contributed by atoms with Crippen LogP contribution in [0.2, 0.25) is 13.1 Å². The monoisotopic (exact) mass is 737 g/mol. The molecule has 2 aliphatic heterocycles. The minimum atomic E-state index is -2.25. The Morgan fingerprint density at radius 1 is 0.571 bits per heavy atom. The van der Waals surface area contributed by atoms with E-state index in [-0.39, 0.29) is 5.75 Å². The van der Waals surface area contributed by atoms with Crippen LogP contribution in [0.1, 0.15) is 0 Å². The quantitative estimate of drug-likeness (QED) is 0.111. The summed E-state index contributed by atoms with van der Waals surface area (Å²) < 4.78 is 6.21. The smallest absolute Gasteiger partial charge is 0.269 e. The molecule has 0 aliphatic carbocycles. The molecule has 6 heteroatoms. The van der Waals surface area contributed by atoms with Gasteiger partial charge in [-0.25, -0.2) is 4.84 Å². The molecule has 0 atom stereocenters. The average molecular weight is 738 g/mol. The van der Waals surface area contributed by atoms with Crippen LogP contribution in [0.5, 0.6) is 11.5 Å². The van der Waals surface area contributed by atoms with Crippen molar-refractivity contribution >= 4 is 29.5 Å². The van der Waals surface area contributed by atoms with Crippen LogP contribution in [0, 0.1) is 12.5 Å². The number of para-hydroxylation sites is 2. The number of benzene rings is 7. The molecular weight excluding hydrogens is 703 g/mol. The Morgan fingerprint density at radius 3 is 1.95 bits per heavy atom. The van der Waals surface area contributed by atoms with Gasteiger partial charge in [0.2, 0.25) is 6.20 Å². The fraction of sp³-hybridized carbons (Fsp3) is 0.0400. The standard InChI is InChI=1S/C50H35N3O2Si/c1-56(2)46-27-25-35(55-51-29-13-16-34(31-51)36-17-10-11-24-45(36)54)30-44(46)52-32-53-48-37(33-14-4-3-5-15-33)22-12-23-42(48)40-20-8-6-18-38(40)39-19-7-9-21-41(39)43-26-28-47(56)50(52)49(43)53/h3-30,54H,1-2H3. The maximum absolute atomic E-state index is 10.5. The molecule has 0 fully saturated rings. The number of hydrogen-bond donors (Lipinski definition) is 1. The summed E-state index contributed by atoms with van der Waals surface area (Å²) in [5.74, 6) is 0.875. The molecule has 7 aromatic carbocycles. The van der Waals surface area contributed by atoms with E-state index < -0.39 is 8.07 Å². The lowest BCUT2D eigenvalue weighted by Crippen LogP contribution is -2.57. The summed E-state index contributed by atoms with van der Waals surface area (Å²) in [6.45, 7) is 4.90. The van der Waals surface area contributed by atoms with E-state index in [0.717, 1.165) is 39.1 Å². The predicted octanol–water partition coefficient (Wildman–Crippen LogP) is 9.13. The first-order chi connectivity index (χ1) is 27.5. The van der Waals surface area contributed by atoms with Crippen LogP contribution in [-0.2, 0) is 0 Å². The first kappa shape index (κ1) is 32.4. The summed E-state index contributed by atoms with van der Waals surface area (Å²) in [6.07, 6.45) is 9.11. The van der Waals surface area contributed by atoms with Crippen molar-refractivity contribution in [2.24, 2.45) is 0 Å². The fourth-order valence-corrected chi connectivity index (χ4v) is 11.8. The number of imidazole rings is 1. The summed E-state index contributed by atoms with van der Waals surface area (Å²) in [5, 5.41) is 13.2. The minimum Gasteiger partial charge on any atom is -0.517 e. The third kappa shape index (κ3) is 4.79. The fourth-order valence-electron chi connectivity index (χ4n) is 8.90. The number of phenols is 1. The van der Waals surface area contributed by atoms with Crippen molar-refractivity contribution < 1.29 is 19.2 Å². The second kappa shape index (κ2) is 12.2. The lowest BCUT2D eigenvalue weighted by molar-refractivity contribution is -0.878. The number of aromatic hydroxyl groups is 1. The van der Waals surface area contributed by atoms with Crippen LogP contribution in [0.4, 0.5) is 0 Å². The van der Waals surface area contributed by atoms with Gasteiger partial charge in [-0.05, 0) is 67.0 Å². The van der Waals surface area contributed by atoms with Crippen molar-refractivity contribution in [3.63, 3.8) is 0 Å². The summed E-state index contributed by atoms with van der Waals surface area (Å²) in [5.41, 5.74) is 15.3. The van der Waals surface area contributed by atoms with Crippen LogP contribution in [0.15, 0.2) is 170 Å². The van der Waals surface area contributed by atoms with Gasteiger partial charge in [-0.2, -0.15) is 0 Å². The highest BCUT2D eigenvalue weighted by Crippen LogP contribution is 2.45. The molecule has 2 aromatic heterocycles. The summed E-state index contributed by atoms with van der Waals surface area (Å²) in [7, 11) is -2.25. The van der Waals surface area contributed by atoms with Gasteiger partial charge < -0.3 is 5.11 Å². The van der Waals surface area contributed by atoms with E-state index in [1.165, 1.54) is 43.7 Å². The van der Waals surface area contributed by atoms with Crippen LogP contribution in [0.3, 0.4) is 0 Å². The van der Waals surface area contributed by atoms with Crippen molar-refractivity contribution in [1.29, 1.82) is 0 Å². The van der Waals surface area contributed by atoms with Gasteiger partial charge in [0, 0.05) is 6.07 Å². The maximum atomic E-state index is 10.5. The van der Waals surface area contributed by atoms with Gasteiger partial charge >= 0.3 is 0 Å². The van der Waals surface area contributed by atoms with Gasteiger partial charge in [-0.1, -0.05) is 168 Å². The Labute approximate surface area is 326 Å². The SMILES string of the molecule is C[Si]1(C)c2ccc(O[n+]3[c-]c(-c4ccccc4O)ccc3)cc2-n2[c-][n+]3c4c(ccc1c42)-c1ccccc1-c1ccccc1-c1cccc(-c2ccccc2)c1-3. The molecule has 11 rings (SSSR count). The molecule has 266 valence electrons. The summed E-state index contributed by atoms with van der Waals surface area (Å²) >= 11 is 0. The van der Waals surface area contributed by atoms with Gasteiger partial charge in [-0.15, -0.1) is 6.07 Å². The van der Waals surface area contributed by atoms with Crippen molar-refractivity contribution in [3.8, 4) is 78.5 Å². The van der Waals surface area contributed by atoms with E-state index in [1.807, 2.05) is 36.5 Å². The number of hydrogen-bond acceptors (Lipinski definition) is 2. The minimum absolute atomic E-state index is 0.198. The molecular formula is C50H35N3O2Si. The Hall–Kier alpha value is -7.02. The summed E-state index contributed by atoms with van der Waals surface area (Å²) in [4.78, 5) is 6.50. The van der Waals surface area contributed by atoms with Crippen molar-refractivity contribution in [2.75, 3.05) is 0 Å². The topological polar surface area (TPSA) is 42.2 Å². The normalized spacial score (nSPS) is 13.0. The Kier molecular flexibility index (Phi) is 7.09. The number of rotatable bonds is 4. The van der Waals surface area contributed by atoms with Gasteiger partial charge in [0.25, 0.3) is 6.33 Å². The Balaban J connectivity index is 1.19. The van der Waals surface area contributed by atoms with E-state index >= 15 is 0 Å². The molecule has 0 saturated heterocycles. The second-order valence-electron chi connectivity index (χ2n) is 15.1. The third-order valence-corrected chi connectivity index (χ3v) is 15.1. The zero-order chi connectivity index (χ0) is 37.5. The van der Waals surface area contributed by atoms with E-state index in [9.17, 15) is 5.11 Å². The van der Waals surface area contributed by atoms with E-state index in [1.54, 1.807) is 10.8 Å². The molecule has 56 heavy (non-hydrogen) atoms. The van der Waals surface area contributed by atoms with Crippen molar-refractivity contribution in [3.05, 3.63) is 183 Å². The van der Waals surface area contributed by atoms with Crippen LogP contribution in [0.25, 0.3) is 78.0 Å². The molecule has 9 aromatic rings.